The molecule has 4 rings (SSSR count). The molecule has 29 heavy (non-hydrogen) atoms. The van der Waals surface area contributed by atoms with Crippen LogP contribution in [0.4, 0.5) is 0 Å². The summed E-state index contributed by atoms with van der Waals surface area (Å²) in [6.07, 6.45) is 0.835. The average molecular weight is 425 g/mol. The number of hydrogen-bond donors (Lipinski definition) is 1. The van der Waals surface area contributed by atoms with Gasteiger partial charge in [-0.05, 0) is 73.0 Å². The summed E-state index contributed by atoms with van der Waals surface area (Å²) in [5.74, 6) is 0.00218. The Morgan fingerprint density at radius 1 is 1.17 bits per heavy atom. The SMILES string of the molecule is Cc1cc2nc(SCCCC(=O)O)n(Cc3csc4cccc(C)c34)c2cc1C. The molecule has 6 heteroatoms. The highest BCUT2D eigenvalue weighted by Crippen LogP contribution is 2.33. The number of hydrogen-bond acceptors (Lipinski definition) is 4. The van der Waals surface area contributed by atoms with Crippen molar-refractivity contribution in [3.8, 4) is 0 Å². The minimum absolute atomic E-state index is 0.194. The zero-order valence-electron chi connectivity index (χ0n) is 16.9. The predicted octanol–water partition coefficient (Wildman–Crippen LogP) is 6.18. The molecule has 0 bridgehead atoms. The van der Waals surface area contributed by atoms with Crippen LogP contribution in [0, 0.1) is 20.8 Å². The van der Waals surface area contributed by atoms with Gasteiger partial charge in [0.05, 0.1) is 17.6 Å². The summed E-state index contributed by atoms with van der Waals surface area (Å²) in [6, 6.07) is 10.8. The quantitative estimate of drug-likeness (QED) is 0.284. The van der Waals surface area contributed by atoms with Crippen molar-refractivity contribution in [2.24, 2.45) is 0 Å². The molecule has 1 N–H and O–H groups in total. The van der Waals surface area contributed by atoms with E-state index in [0.29, 0.717) is 6.42 Å². The normalized spacial score (nSPS) is 11.6. The molecule has 0 fully saturated rings. The Morgan fingerprint density at radius 3 is 2.76 bits per heavy atom. The number of fused-ring (bicyclic) bond motifs is 2. The lowest BCUT2D eigenvalue weighted by Crippen LogP contribution is -2.02. The highest BCUT2D eigenvalue weighted by molar-refractivity contribution is 7.99. The number of imidazole rings is 1. The standard InChI is InChI=1S/C23H24N2O2S2/c1-14-6-4-7-20-22(14)17(13-29-20)12-25-19-11-16(3)15(2)10-18(19)24-23(25)28-9-5-8-21(26)27/h4,6-7,10-11,13H,5,8-9,12H2,1-3H3,(H,26,27). The van der Waals surface area contributed by atoms with Gasteiger partial charge in [0.25, 0.3) is 0 Å². The van der Waals surface area contributed by atoms with Crippen LogP contribution in [0.5, 0.6) is 0 Å². The molecule has 0 spiro atoms. The van der Waals surface area contributed by atoms with Crippen LogP contribution < -0.4 is 0 Å². The van der Waals surface area contributed by atoms with Gasteiger partial charge in [0, 0.05) is 22.3 Å². The fourth-order valence-electron chi connectivity index (χ4n) is 3.64. The second kappa shape index (κ2) is 8.20. The second-order valence-corrected chi connectivity index (χ2v) is 9.43. The van der Waals surface area contributed by atoms with Crippen LogP contribution in [-0.2, 0) is 11.3 Å². The van der Waals surface area contributed by atoms with E-state index in [2.05, 4.69) is 61.1 Å². The molecule has 0 radical (unpaired) electrons. The van der Waals surface area contributed by atoms with E-state index in [4.69, 9.17) is 10.1 Å². The van der Waals surface area contributed by atoms with E-state index in [0.717, 1.165) is 28.5 Å². The van der Waals surface area contributed by atoms with Crippen LogP contribution in [0.2, 0.25) is 0 Å². The third kappa shape index (κ3) is 4.05. The van der Waals surface area contributed by atoms with E-state index in [-0.39, 0.29) is 6.42 Å². The van der Waals surface area contributed by atoms with Crippen molar-refractivity contribution in [1.29, 1.82) is 0 Å². The Kier molecular flexibility index (Phi) is 5.65. The van der Waals surface area contributed by atoms with Crippen LogP contribution in [0.25, 0.3) is 21.1 Å². The summed E-state index contributed by atoms with van der Waals surface area (Å²) in [5.41, 5.74) is 7.25. The molecule has 2 aromatic carbocycles. The van der Waals surface area contributed by atoms with E-state index in [1.165, 1.54) is 32.3 Å². The number of nitrogens with zero attached hydrogens (tertiary/aromatic N) is 2. The van der Waals surface area contributed by atoms with E-state index in [1.807, 2.05) is 0 Å². The Balaban J connectivity index is 1.74. The van der Waals surface area contributed by atoms with Crippen molar-refractivity contribution in [3.63, 3.8) is 0 Å². The lowest BCUT2D eigenvalue weighted by molar-refractivity contribution is -0.137. The van der Waals surface area contributed by atoms with E-state index in [1.54, 1.807) is 23.1 Å². The second-order valence-electron chi connectivity index (χ2n) is 7.46. The van der Waals surface area contributed by atoms with Gasteiger partial charge >= 0.3 is 5.97 Å². The van der Waals surface area contributed by atoms with Gasteiger partial charge in [-0.3, -0.25) is 4.79 Å². The maximum absolute atomic E-state index is 10.8. The van der Waals surface area contributed by atoms with Gasteiger partial charge in [-0.1, -0.05) is 23.9 Å². The van der Waals surface area contributed by atoms with Gasteiger partial charge in [0.15, 0.2) is 5.16 Å². The minimum Gasteiger partial charge on any atom is -0.481 e. The molecule has 0 saturated carbocycles. The van der Waals surface area contributed by atoms with Crippen molar-refractivity contribution < 1.29 is 9.90 Å². The summed E-state index contributed by atoms with van der Waals surface area (Å²) in [5, 5.41) is 13.5. The number of carboxylic acid groups (broad SMARTS) is 1. The molecule has 150 valence electrons. The van der Waals surface area contributed by atoms with E-state index >= 15 is 0 Å². The first-order valence-corrected chi connectivity index (χ1v) is 11.6. The topological polar surface area (TPSA) is 55.1 Å². The summed E-state index contributed by atoms with van der Waals surface area (Å²) in [4.78, 5) is 15.7. The third-order valence-electron chi connectivity index (χ3n) is 5.31. The molecule has 0 saturated heterocycles. The number of carboxylic acids is 1. The van der Waals surface area contributed by atoms with Crippen molar-refractivity contribution >= 4 is 50.2 Å². The Bertz CT molecular complexity index is 1210. The molecule has 0 aliphatic heterocycles. The molecule has 0 aliphatic rings. The van der Waals surface area contributed by atoms with Gasteiger partial charge in [-0.2, -0.15) is 0 Å². The summed E-state index contributed by atoms with van der Waals surface area (Å²) >= 11 is 3.44. The minimum atomic E-state index is -0.745. The number of rotatable bonds is 7. The molecule has 0 atom stereocenters. The van der Waals surface area contributed by atoms with Crippen molar-refractivity contribution in [2.45, 2.75) is 45.3 Å². The molecule has 0 amide bonds. The van der Waals surface area contributed by atoms with Crippen LogP contribution in [0.3, 0.4) is 0 Å². The molecule has 2 heterocycles. The maximum Gasteiger partial charge on any atom is 0.303 e. The summed E-state index contributed by atoms with van der Waals surface area (Å²) in [6.45, 7) is 7.18. The van der Waals surface area contributed by atoms with Crippen LogP contribution in [0.15, 0.2) is 40.9 Å². The highest BCUT2D eigenvalue weighted by atomic mass is 32.2. The Hall–Kier alpha value is -2.31. The molecule has 2 aromatic heterocycles. The molecule has 0 unspecified atom stereocenters. The molecule has 0 aliphatic carbocycles. The fourth-order valence-corrected chi connectivity index (χ4v) is 5.62. The number of aryl methyl sites for hydroxylation is 3. The van der Waals surface area contributed by atoms with Gasteiger partial charge in [-0.25, -0.2) is 4.98 Å². The van der Waals surface area contributed by atoms with Crippen molar-refractivity contribution in [1.82, 2.24) is 9.55 Å². The Morgan fingerprint density at radius 2 is 1.97 bits per heavy atom. The highest BCUT2D eigenvalue weighted by Gasteiger charge is 2.15. The van der Waals surface area contributed by atoms with E-state index in [9.17, 15) is 4.79 Å². The number of carbonyl (C=O) groups is 1. The van der Waals surface area contributed by atoms with E-state index < -0.39 is 5.97 Å². The smallest absolute Gasteiger partial charge is 0.303 e. The lowest BCUT2D eigenvalue weighted by atomic mass is 10.1. The zero-order chi connectivity index (χ0) is 20.5. The average Bonchev–Trinajstić information content (AvgIpc) is 3.22. The first-order valence-electron chi connectivity index (χ1n) is 9.72. The monoisotopic (exact) mass is 424 g/mol. The van der Waals surface area contributed by atoms with Gasteiger partial charge in [0.2, 0.25) is 0 Å². The Labute approximate surface area is 178 Å². The molecular formula is C23H24N2O2S2. The van der Waals surface area contributed by atoms with Crippen LogP contribution in [0.1, 0.15) is 35.1 Å². The first-order chi connectivity index (χ1) is 13.9. The van der Waals surface area contributed by atoms with Crippen LogP contribution >= 0.6 is 23.1 Å². The van der Waals surface area contributed by atoms with Gasteiger partial charge < -0.3 is 9.67 Å². The van der Waals surface area contributed by atoms with Gasteiger partial charge in [-0.15, -0.1) is 11.3 Å². The van der Waals surface area contributed by atoms with Crippen molar-refractivity contribution in [2.75, 3.05) is 5.75 Å². The number of thiophene rings is 1. The maximum atomic E-state index is 10.8. The number of aliphatic carboxylic acids is 1. The summed E-state index contributed by atoms with van der Waals surface area (Å²) < 4.78 is 3.60. The summed E-state index contributed by atoms with van der Waals surface area (Å²) in [7, 11) is 0. The molecule has 4 nitrogen and oxygen atoms in total. The van der Waals surface area contributed by atoms with Crippen LogP contribution in [-0.4, -0.2) is 26.4 Å². The molecule has 4 aromatic rings. The number of thioether (sulfide) groups is 1. The largest absolute Gasteiger partial charge is 0.481 e. The number of benzene rings is 2. The molecular weight excluding hydrogens is 400 g/mol. The lowest BCUT2D eigenvalue weighted by Gasteiger charge is -2.10. The van der Waals surface area contributed by atoms with Crippen molar-refractivity contribution in [3.05, 3.63) is 58.0 Å². The van der Waals surface area contributed by atoms with Gasteiger partial charge in [0.1, 0.15) is 0 Å². The third-order valence-corrected chi connectivity index (χ3v) is 7.37. The first kappa shape index (κ1) is 20.0. The zero-order valence-corrected chi connectivity index (χ0v) is 18.5. The predicted molar refractivity (Wildman–Crippen MR) is 122 cm³/mol. The fraction of sp³-hybridized carbons (Fsp3) is 0.304. The number of aromatic nitrogens is 2.